The highest BCUT2D eigenvalue weighted by atomic mass is 16.5. The van der Waals surface area contributed by atoms with Crippen LogP contribution in [0.2, 0.25) is 0 Å². The summed E-state index contributed by atoms with van der Waals surface area (Å²) < 4.78 is 5.95. The summed E-state index contributed by atoms with van der Waals surface area (Å²) in [6.07, 6.45) is 9.29. The summed E-state index contributed by atoms with van der Waals surface area (Å²) in [4.78, 5) is 11.4. The number of hydrogen-bond donors (Lipinski definition) is 0. The third-order valence-corrected chi connectivity index (χ3v) is 3.72. The average Bonchev–Trinajstić information content (AvgIpc) is 2.48. The molecule has 0 saturated carbocycles. The van der Waals surface area contributed by atoms with E-state index in [1.807, 2.05) is 18.2 Å². The molecule has 0 unspecified atom stereocenters. The van der Waals surface area contributed by atoms with Crippen LogP contribution in [0.15, 0.2) is 30.3 Å². The lowest BCUT2D eigenvalue weighted by atomic mass is 10.0. The van der Waals surface area contributed by atoms with Crippen LogP contribution < -0.4 is 0 Å². The van der Waals surface area contributed by atoms with Gasteiger partial charge in [0.15, 0.2) is 0 Å². The molecule has 0 spiro atoms. The first-order valence-electron chi connectivity index (χ1n) is 8.37. The highest BCUT2D eigenvalue weighted by Crippen LogP contribution is 2.15. The van der Waals surface area contributed by atoms with E-state index in [1.54, 1.807) is 6.92 Å². The van der Waals surface area contributed by atoms with Crippen molar-refractivity contribution in [2.24, 2.45) is 0 Å². The average molecular weight is 290 g/mol. The van der Waals surface area contributed by atoms with Crippen LogP contribution >= 0.6 is 0 Å². The van der Waals surface area contributed by atoms with Crippen LogP contribution in [0.4, 0.5) is 0 Å². The van der Waals surface area contributed by atoms with Crippen molar-refractivity contribution in [2.45, 2.75) is 77.9 Å². The van der Waals surface area contributed by atoms with Gasteiger partial charge in [0, 0.05) is 6.42 Å². The van der Waals surface area contributed by atoms with Gasteiger partial charge in [0.2, 0.25) is 0 Å². The van der Waals surface area contributed by atoms with Crippen molar-refractivity contribution in [3.8, 4) is 0 Å². The van der Waals surface area contributed by atoms with E-state index in [0.717, 1.165) is 12.8 Å². The second-order valence-corrected chi connectivity index (χ2v) is 5.88. The summed E-state index contributed by atoms with van der Waals surface area (Å²) in [5.74, 6) is 0.221. The first-order chi connectivity index (χ1) is 10.2. The molecule has 0 radical (unpaired) electrons. The molecule has 0 aliphatic carbocycles. The molecule has 0 aromatic heterocycles. The van der Waals surface area contributed by atoms with Crippen LogP contribution in [0.5, 0.6) is 0 Å². The van der Waals surface area contributed by atoms with Crippen LogP contribution in [0.3, 0.4) is 0 Å². The van der Waals surface area contributed by atoms with Crippen LogP contribution in [0.1, 0.15) is 70.8 Å². The Morgan fingerprint density at radius 2 is 1.71 bits per heavy atom. The lowest BCUT2D eigenvalue weighted by Crippen LogP contribution is -2.16. The molecule has 1 aromatic carbocycles. The number of carbonyl (C=O) groups excluding carboxylic acids is 1. The minimum atomic E-state index is 0.0777. The van der Waals surface area contributed by atoms with Gasteiger partial charge in [-0.05, 0) is 18.9 Å². The SMILES string of the molecule is CCCCCCCC[C@@H](CC(C)=O)OCc1ccccc1. The molecule has 1 rings (SSSR count). The minimum Gasteiger partial charge on any atom is -0.373 e. The predicted molar refractivity (Wildman–Crippen MR) is 88.3 cm³/mol. The normalized spacial score (nSPS) is 12.3. The van der Waals surface area contributed by atoms with Crippen LogP contribution in [0.25, 0.3) is 0 Å². The molecule has 0 saturated heterocycles. The fourth-order valence-electron chi connectivity index (χ4n) is 2.51. The number of ketones is 1. The lowest BCUT2D eigenvalue weighted by molar-refractivity contribution is -0.120. The van der Waals surface area contributed by atoms with Crippen LogP contribution in [-0.4, -0.2) is 11.9 Å². The second-order valence-electron chi connectivity index (χ2n) is 5.88. The van der Waals surface area contributed by atoms with E-state index in [4.69, 9.17) is 4.74 Å². The summed E-state index contributed by atoms with van der Waals surface area (Å²) in [6, 6.07) is 10.2. The van der Waals surface area contributed by atoms with Crippen molar-refractivity contribution in [3.63, 3.8) is 0 Å². The molecule has 0 bridgehead atoms. The Bertz CT molecular complexity index is 372. The quantitative estimate of drug-likeness (QED) is 0.488. The first-order valence-corrected chi connectivity index (χ1v) is 8.37. The van der Waals surface area contributed by atoms with Crippen molar-refractivity contribution in [2.75, 3.05) is 0 Å². The molecule has 2 heteroatoms. The number of ether oxygens (including phenoxy) is 1. The molecule has 21 heavy (non-hydrogen) atoms. The van der Waals surface area contributed by atoms with Gasteiger partial charge in [-0.25, -0.2) is 0 Å². The van der Waals surface area contributed by atoms with Crippen molar-refractivity contribution >= 4 is 5.78 Å². The molecule has 0 fully saturated rings. The van der Waals surface area contributed by atoms with Crippen molar-refractivity contribution in [1.29, 1.82) is 0 Å². The van der Waals surface area contributed by atoms with E-state index in [9.17, 15) is 4.79 Å². The highest BCUT2D eigenvalue weighted by molar-refractivity contribution is 5.75. The summed E-state index contributed by atoms with van der Waals surface area (Å²) >= 11 is 0. The van der Waals surface area contributed by atoms with Gasteiger partial charge in [-0.15, -0.1) is 0 Å². The van der Waals surface area contributed by atoms with Gasteiger partial charge < -0.3 is 4.74 Å². The summed E-state index contributed by atoms with van der Waals surface area (Å²) in [6.45, 7) is 4.50. The molecular weight excluding hydrogens is 260 g/mol. The van der Waals surface area contributed by atoms with E-state index >= 15 is 0 Å². The number of Topliss-reactive ketones (excluding diaryl/α,β-unsaturated/α-hetero) is 1. The van der Waals surface area contributed by atoms with Gasteiger partial charge in [-0.3, -0.25) is 4.79 Å². The van der Waals surface area contributed by atoms with Gasteiger partial charge in [0.25, 0.3) is 0 Å². The van der Waals surface area contributed by atoms with E-state index in [2.05, 4.69) is 19.1 Å². The molecule has 1 atom stereocenters. The number of rotatable bonds is 12. The number of carbonyl (C=O) groups is 1. The van der Waals surface area contributed by atoms with Gasteiger partial charge >= 0.3 is 0 Å². The fourth-order valence-corrected chi connectivity index (χ4v) is 2.51. The lowest BCUT2D eigenvalue weighted by Gasteiger charge is -2.17. The third kappa shape index (κ3) is 9.41. The number of benzene rings is 1. The second kappa shape index (κ2) is 11.5. The van der Waals surface area contributed by atoms with Gasteiger partial charge in [-0.1, -0.05) is 75.8 Å². The minimum absolute atomic E-state index is 0.0777. The zero-order valence-corrected chi connectivity index (χ0v) is 13.6. The van der Waals surface area contributed by atoms with E-state index in [1.165, 1.54) is 37.7 Å². The van der Waals surface area contributed by atoms with E-state index in [0.29, 0.717) is 13.0 Å². The largest absolute Gasteiger partial charge is 0.373 e. The Balaban J connectivity index is 2.25. The Kier molecular flexibility index (Phi) is 9.81. The first kappa shape index (κ1) is 17.9. The van der Waals surface area contributed by atoms with E-state index < -0.39 is 0 Å². The highest BCUT2D eigenvalue weighted by Gasteiger charge is 2.11. The van der Waals surface area contributed by atoms with Gasteiger partial charge in [-0.2, -0.15) is 0 Å². The maximum atomic E-state index is 11.4. The number of hydrogen-bond acceptors (Lipinski definition) is 2. The molecule has 0 aliphatic rings. The molecule has 0 amide bonds. The topological polar surface area (TPSA) is 26.3 Å². The summed E-state index contributed by atoms with van der Waals surface area (Å²) in [5.41, 5.74) is 1.17. The summed E-state index contributed by atoms with van der Waals surface area (Å²) in [7, 11) is 0. The zero-order chi connectivity index (χ0) is 15.3. The fraction of sp³-hybridized carbons (Fsp3) is 0.632. The molecule has 118 valence electrons. The van der Waals surface area contributed by atoms with Crippen LogP contribution in [0, 0.1) is 0 Å². The Labute approximate surface area is 129 Å². The maximum absolute atomic E-state index is 11.4. The number of unbranched alkanes of at least 4 members (excludes halogenated alkanes) is 5. The molecule has 1 aromatic rings. The third-order valence-electron chi connectivity index (χ3n) is 3.72. The molecule has 2 nitrogen and oxygen atoms in total. The molecule has 0 heterocycles. The van der Waals surface area contributed by atoms with Crippen molar-refractivity contribution < 1.29 is 9.53 Å². The van der Waals surface area contributed by atoms with Gasteiger partial charge in [0.1, 0.15) is 5.78 Å². The zero-order valence-electron chi connectivity index (χ0n) is 13.6. The summed E-state index contributed by atoms with van der Waals surface area (Å²) in [5, 5.41) is 0. The molecule has 0 N–H and O–H groups in total. The van der Waals surface area contributed by atoms with E-state index in [-0.39, 0.29) is 11.9 Å². The predicted octanol–water partition coefficient (Wildman–Crippen LogP) is 5.30. The molecular formula is C19H30O2. The standard InChI is InChI=1S/C19H30O2/c1-3-4-5-6-7-11-14-19(15-17(2)20)21-16-18-12-9-8-10-13-18/h8-10,12-13,19H,3-7,11,14-16H2,1-2H3/t19-/m0/s1. The Hall–Kier alpha value is -1.15. The smallest absolute Gasteiger partial charge is 0.132 e. The van der Waals surface area contributed by atoms with Crippen LogP contribution in [-0.2, 0) is 16.1 Å². The monoisotopic (exact) mass is 290 g/mol. The Morgan fingerprint density at radius 1 is 1.05 bits per heavy atom. The van der Waals surface area contributed by atoms with Crippen molar-refractivity contribution in [1.82, 2.24) is 0 Å². The maximum Gasteiger partial charge on any atom is 0.132 e. The Morgan fingerprint density at radius 3 is 2.38 bits per heavy atom. The van der Waals surface area contributed by atoms with Crippen molar-refractivity contribution in [3.05, 3.63) is 35.9 Å². The molecule has 0 aliphatic heterocycles. The van der Waals surface area contributed by atoms with Gasteiger partial charge in [0.05, 0.1) is 12.7 Å².